The minimum atomic E-state index is -0.909. The summed E-state index contributed by atoms with van der Waals surface area (Å²) in [6.07, 6.45) is 4.87. The lowest BCUT2D eigenvalue weighted by Gasteiger charge is -2.39. The monoisotopic (exact) mass is 626 g/mol. The molecular weight excluding hydrogens is 584 g/mol. The third kappa shape index (κ3) is 6.47. The first-order chi connectivity index (χ1) is 21.9. The van der Waals surface area contributed by atoms with Gasteiger partial charge in [0, 0.05) is 23.6 Å². The van der Waals surface area contributed by atoms with Crippen molar-refractivity contribution in [1.82, 2.24) is 29.3 Å². The molecule has 6 rings (SSSR count). The highest BCUT2D eigenvalue weighted by molar-refractivity contribution is 5.81. The minimum Gasteiger partial charge on any atom is -0.388 e. The first-order valence-corrected chi connectivity index (χ1v) is 16.1. The number of hydrogen-bond acceptors (Lipinski definition) is 8. The summed E-state index contributed by atoms with van der Waals surface area (Å²) in [5.74, 6) is 0.882. The molecule has 0 atom stereocenters. The SMILES string of the molecule is CCCc1c(Cc2ccc(-c3ccccc3)c(-c3noc(=O)[nH]3)c2)c(=O)n(C2CCC(C)(OCC(C)(C)O)CC2)c2nc(C)nn12. The van der Waals surface area contributed by atoms with Gasteiger partial charge in [0.2, 0.25) is 5.78 Å². The van der Waals surface area contributed by atoms with E-state index in [1.54, 1.807) is 13.8 Å². The zero-order valence-corrected chi connectivity index (χ0v) is 27.2. The Labute approximate surface area is 267 Å². The number of benzene rings is 2. The number of rotatable bonds is 10. The van der Waals surface area contributed by atoms with Gasteiger partial charge in [-0.1, -0.05) is 61.0 Å². The summed E-state index contributed by atoms with van der Waals surface area (Å²) >= 11 is 0. The Balaban J connectivity index is 1.42. The molecule has 3 aromatic heterocycles. The fourth-order valence-corrected chi connectivity index (χ4v) is 6.51. The summed E-state index contributed by atoms with van der Waals surface area (Å²) in [6, 6.07) is 15.8. The Hall–Kier alpha value is -4.35. The number of nitrogens with zero attached hydrogens (tertiary/aromatic N) is 5. The molecular formula is C35H42N6O5. The van der Waals surface area contributed by atoms with Crippen molar-refractivity contribution in [1.29, 1.82) is 0 Å². The lowest BCUT2D eigenvalue weighted by Crippen LogP contribution is -2.41. The quantitative estimate of drug-likeness (QED) is 0.210. The van der Waals surface area contributed by atoms with Crippen molar-refractivity contribution in [2.24, 2.45) is 0 Å². The van der Waals surface area contributed by atoms with E-state index < -0.39 is 11.4 Å². The van der Waals surface area contributed by atoms with Crippen LogP contribution in [0.3, 0.4) is 0 Å². The Morgan fingerprint density at radius 3 is 2.50 bits per heavy atom. The molecule has 0 radical (unpaired) electrons. The van der Waals surface area contributed by atoms with Crippen molar-refractivity contribution in [2.45, 2.75) is 96.8 Å². The topological polar surface area (TPSA) is 141 Å². The maximum Gasteiger partial charge on any atom is 0.439 e. The first-order valence-electron chi connectivity index (χ1n) is 16.1. The summed E-state index contributed by atoms with van der Waals surface area (Å²) in [5.41, 5.74) is 3.66. The van der Waals surface area contributed by atoms with Crippen LogP contribution in [0.25, 0.3) is 28.3 Å². The molecule has 0 saturated heterocycles. The van der Waals surface area contributed by atoms with Gasteiger partial charge >= 0.3 is 5.76 Å². The number of nitrogens with one attached hydrogen (secondary N) is 1. The standard InChI is InChI=1S/C35H42N6O5/c1-6-10-29-28(20-23-13-14-26(24-11-8-7-9-12-24)27(19-23)30-37-33(43)46-39-30)31(42)40(32-36-22(2)38-41(29)32)25-15-17-35(5,18-16-25)45-21-34(3,4)44/h7-9,11-14,19,25,44H,6,10,15-18,20-21H2,1-5H3,(H,37,39,43). The summed E-state index contributed by atoms with van der Waals surface area (Å²) < 4.78 is 14.8. The van der Waals surface area contributed by atoms with E-state index in [1.165, 1.54) is 0 Å². The van der Waals surface area contributed by atoms with Gasteiger partial charge in [0.1, 0.15) is 5.82 Å². The van der Waals surface area contributed by atoms with E-state index >= 15 is 0 Å². The van der Waals surface area contributed by atoms with Gasteiger partial charge in [0.05, 0.1) is 23.5 Å². The van der Waals surface area contributed by atoms with Crippen LogP contribution in [0.15, 0.2) is 62.6 Å². The molecule has 0 unspecified atom stereocenters. The van der Waals surface area contributed by atoms with Crippen molar-refractivity contribution in [2.75, 3.05) is 6.61 Å². The molecule has 0 spiro atoms. The van der Waals surface area contributed by atoms with Gasteiger partial charge in [0.15, 0.2) is 5.82 Å². The maximum absolute atomic E-state index is 14.6. The molecule has 1 aliphatic rings. The van der Waals surface area contributed by atoms with E-state index in [9.17, 15) is 14.7 Å². The molecule has 11 nitrogen and oxygen atoms in total. The second kappa shape index (κ2) is 12.4. The molecule has 1 fully saturated rings. The molecule has 46 heavy (non-hydrogen) atoms. The Bertz CT molecular complexity index is 1960. The van der Waals surface area contributed by atoms with Crippen molar-refractivity contribution in [3.05, 3.63) is 92.1 Å². The average Bonchev–Trinajstić information content (AvgIpc) is 3.64. The molecule has 1 aliphatic carbocycles. The number of ether oxygens (including phenoxy) is 1. The summed E-state index contributed by atoms with van der Waals surface area (Å²) in [5, 5.41) is 19.0. The van der Waals surface area contributed by atoms with Crippen LogP contribution >= 0.6 is 0 Å². The summed E-state index contributed by atoms with van der Waals surface area (Å²) in [7, 11) is 0. The molecule has 0 bridgehead atoms. The van der Waals surface area contributed by atoms with Crippen LogP contribution in [-0.2, 0) is 17.6 Å². The number of H-pyrrole nitrogens is 1. The van der Waals surface area contributed by atoms with Crippen LogP contribution < -0.4 is 11.3 Å². The third-order valence-electron chi connectivity index (χ3n) is 8.88. The summed E-state index contributed by atoms with van der Waals surface area (Å²) in [6.45, 7) is 9.78. The van der Waals surface area contributed by atoms with Gasteiger partial charge in [-0.25, -0.2) is 9.31 Å². The van der Waals surface area contributed by atoms with Gasteiger partial charge in [-0.15, -0.1) is 0 Å². The van der Waals surface area contributed by atoms with Gasteiger partial charge in [0.25, 0.3) is 5.56 Å². The number of aromatic amines is 1. The average molecular weight is 627 g/mol. The highest BCUT2D eigenvalue weighted by Crippen LogP contribution is 2.38. The predicted octanol–water partition coefficient (Wildman–Crippen LogP) is 5.41. The van der Waals surface area contributed by atoms with Gasteiger partial charge < -0.3 is 9.84 Å². The Morgan fingerprint density at radius 2 is 1.85 bits per heavy atom. The van der Waals surface area contributed by atoms with Crippen molar-refractivity contribution in [3.8, 4) is 22.5 Å². The number of aliphatic hydroxyl groups is 1. The number of hydrogen-bond donors (Lipinski definition) is 2. The Morgan fingerprint density at radius 1 is 1.11 bits per heavy atom. The Kier molecular flexibility index (Phi) is 8.56. The van der Waals surface area contributed by atoms with Crippen molar-refractivity contribution < 1.29 is 14.4 Å². The lowest BCUT2D eigenvalue weighted by atomic mass is 9.83. The number of fused-ring (bicyclic) bond motifs is 1. The van der Waals surface area contributed by atoms with E-state index in [0.29, 0.717) is 41.4 Å². The maximum atomic E-state index is 14.6. The molecule has 3 heterocycles. The lowest BCUT2D eigenvalue weighted by molar-refractivity contribution is -0.117. The van der Waals surface area contributed by atoms with Crippen LogP contribution in [0.4, 0.5) is 0 Å². The van der Waals surface area contributed by atoms with Gasteiger partial charge in [-0.2, -0.15) is 10.1 Å². The van der Waals surface area contributed by atoms with Crippen LogP contribution in [0.2, 0.25) is 0 Å². The van der Waals surface area contributed by atoms with E-state index in [-0.39, 0.29) is 23.8 Å². The first kappa shape index (κ1) is 31.6. The zero-order valence-electron chi connectivity index (χ0n) is 27.2. The van der Waals surface area contributed by atoms with Gasteiger partial charge in [-0.3, -0.25) is 18.9 Å². The molecule has 11 heteroatoms. The molecule has 1 saturated carbocycles. The van der Waals surface area contributed by atoms with Crippen LogP contribution in [0.1, 0.15) is 88.5 Å². The fourth-order valence-electron chi connectivity index (χ4n) is 6.51. The van der Waals surface area contributed by atoms with Crippen LogP contribution in [-0.4, -0.2) is 52.2 Å². The fraction of sp³-hybridized carbons (Fsp3) is 0.457. The van der Waals surface area contributed by atoms with Crippen LogP contribution in [0.5, 0.6) is 0 Å². The minimum absolute atomic E-state index is 0.0575. The molecule has 5 aromatic rings. The molecule has 242 valence electrons. The summed E-state index contributed by atoms with van der Waals surface area (Å²) in [4.78, 5) is 34.0. The molecule has 2 N–H and O–H groups in total. The van der Waals surface area contributed by atoms with E-state index in [1.807, 2.05) is 64.5 Å². The normalized spacial score (nSPS) is 18.8. The van der Waals surface area contributed by atoms with E-state index in [4.69, 9.17) is 19.3 Å². The van der Waals surface area contributed by atoms with E-state index in [0.717, 1.165) is 54.5 Å². The predicted molar refractivity (Wildman–Crippen MR) is 175 cm³/mol. The second-order valence-electron chi connectivity index (χ2n) is 13.4. The number of aromatic nitrogens is 6. The van der Waals surface area contributed by atoms with Gasteiger partial charge in [-0.05, 0) is 82.6 Å². The third-order valence-corrected chi connectivity index (χ3v) is 8.88. The molecule has 0 aliphatic heterocycles. The molecule has 2 aromatic carbocycles. The highest BCUT2D eigenvalue weighted by Gasteiger charge is 2.36. The highest BCUT2D eigenvalue weighted by atomic mass is 16.5. The zero-order chi connectivity index (χ0) is 32.6. The largest absolute Gasteiger partial charge is 0.439 e. The second-order valence-corrected chi connectivity index (χ2v) is 13.4. The van der Waals surface area contributed by atoms with Crippen molar-refractivity contribution in [3.63, 3.8) is 0 Å². The van der Waals surface area contributed by atoms with Crippen molar-refractivity contribution >= 4 is 5.78 Å². The number of aryl methyl sites for hydroxylation is 2. The van der Waals surface area contributed by atoms with E-state index in [2.05, 4.69) is 24.0 Å². The molecule has 0 amide bonds. The van der Waals surface area contributed by atoms with Crippen LogP contribution in [0, 0.1) is 6.92 Å². The smallest absolute Gasteiger partial charge is 0.388 e.